The van der Waals surface area contributed by atoms with Crippen LogP contribution in [-0.4, -0.2) is 86.3 Å². The Labute approximate surface area is 220 Å². The number of nitrogens with two attached hydrogens (primary N) is 1. The van der Waals surface area contributed by atoms with Crippen LogP contribution in [0.2, 0.25) is 0 Å². The number of aliphatic hydroxyl groups excluding tert-OH is 3. The second-order valence-corrected chi connectivity index (χ2v) is 11.1. The normalized spacial score (nSPS) is 31.0. The van der Waals surface area contributed by atoms with Crippen molar-refractivity contribution in [1.82, 2.24) is 10.2 Å². The fraction of sp³-hybridized carbons (Fsp3) is 0.519. The molecule has 1 saturated carbocycles. The maximum atomic E-state index is 14.0. The number of hydrogen-bond acceptors (Lipinski definition) is 10. The molecule has 1 fully saturated rings. The average molecular weight is 530 g/mol. The molecule has 206 valence electrons. The summed E-state index contributed by atoms with van der Waals surface area (Å²) in [5.74, 6) is -8.53. The number of phenolic OH excluding ortho intramolecular Hbond substituents is 1. The van der Waals surface area contributed by atoms with E-state index in [1.165, 1.54) is 19.0 Å². The molecule has 0 bridgehead atoms. The quantitative estimate of drug-likeness (QED) is 0.251. The van der Waals surface area contributed by atoms with Crippen molar-refractivity contribution in [2.24, 2.45) is 23.5 Å². The van der Waals surface area contributed by atoms with E-state index in [0.29, 0.717) is 30.1 Å². The van der Waals surface area contributed by atoms with E-state index in [9.17, 15) is 39.9 Å². The van der Waals surface area contributed by atoms with Crippen LogP contribution < -0.4 is 11.1 Å². The number of fused-ring (bicyclic) bond motifs is 3. The van der Waals surface area contributed by atoms with Gasteiger partial charge in [-0.3, -0.25) is 19.3 Å². The lowest BCUT2D eigenvalue weighted by atomic mass is 9.54. The largest absolute Gasteiger partial charge is 0.508 e. The van der Waals surface area contributed by atoms with Gasteiger partial charge in [-0.05, 0) is 38.0 Å². The summed E-state index contributed by atoms with van der Waals surface area (Å²) in [4.78, 5) is 40.6. The van der Waals surface area contributed by atoms with Gasteiger partial charge < -0.3 is 36.6 Å². The standard InChI is InChI=1S/C27H35N3O8/c1-10(2)8-29-9-12-6-7-13-11(3)14-16(21(32)15(13)20(12)31)24(35)27(38)18(22(14)33)19(30(4)5)23(34)17(25(27)36)26(28)37/h6-7,10-11,14,18-19,22,29,31-33,36,38H,8-9H2,1-5H3,(H2,28,37)/t11-,14-,18+,19-,22-,27+/m1/s1. The number of amides is 1. The number of ketones is 2. The summed E-state index contributed by atoms with van der Waals surface area (Å²) < 4.78 is 0. The Morgan fingerprint density at radius 1 is 1.18 bits per heavy atom. The van der Waals surface area contributed by atoms with E-state index in [4.69, 9.17) is 5.73 Å². The highest BCUT2D eigenvalue weighted by Crippen LogP contribution is 2.56. The topological polar surface area (TPSA) is 194 Å². The van der Waals surface area contributed by atoms with E-state index >= 15 is 0 Å². The lowest BCUT2D eigenvalue weighted by molar-refractivity contribution is -0.169. The number of rotatable bonds is 6. The zero-order chi connectivity index (χ0) is 28.4. The molecule has 0 heterocycles. The first-order valence-corrected chi connectivity index (χ1v) is 12.6. The highest BCUT2D eigenvalue weighted by molar-refractivity contribution is 6.24. The van der Waals surface area contributed by atoms with Gasteiger partial charge in [0.2, 0.25) is 5.78 Å². The number of Topliss-reactive ketones (excluding diaryl/α,β-unsaturated/α-hetero) is 2. The van der Waals surface area contributed by atoms with Gasteiger partial charge in [-0.1, -0.05) is 32.9 Å². The van der Waals surface area contributed by atoms with Crippen molar-refractivity contribution in [2.75, 3.05) is 20.6 Å². The van der Waals surface area contributed by atoms with Crippen molar-refractivity contribution < 1.29 is 39.9 Å². The highest BCUT2D eigenvalue weighted by Gasteiger charge is 2.68. The molecule has 3 aliphatic carbocycles. The fourth-order valence-corrected chi connectivity index (χ4v) is 6.30. The molecule has 0 radical (unpaired) electrons. The third kappa shape index (κ3) is 3.76. The van der Waals surface area contributed by atoms with E-state index in [0.717, 1.165) is 0 Å². The molecular formula is C27H35N3O8. The van der Waals surface area contributed by atoms with Crippen LogP contribution in [0, 0.1) is 17.8 Å². The fourth-order valence-electron chi connectivity index (χ4n) is 6.30. The van der Waals surface area contributed by atoms with Gasteiger partial charge in [0.25, 0.3) is 5.91 Å². The SMILES string of the molecule is CC(C)CNCc1ccc2c(c1O)C(O)=C1C(=O)[C@]3(O)C(O)=C(C(N)=O)C(=O)[C@H](N(C)C)[C@H]3[C@H](O)[C@@H]1[C@@H]2C. The van der Waals surface area contributed by atoms with E-state index in [2.05, 4.69) is 5.32 Å². The van der Waals surface area contributed by atoms with Crippen LogP contribution in [0.3, 0.4) is 0 Å². The summed E-state index contributed by atoms with van der Waals surface area (Å²) in [5, 5.41) is 59.9. The van der Waals surface area contributed by atoms with Gasteiger partial charge >= 0.3 is 0 Å². The number of carbonyl (C=O) groups is 3. The number of hydrogen-bond donors (Lipinski definition) is 7. The molecular weight excluding hydrogens is 494 g/mol. The minimum Gasteiger partial charge on any atom is -0.508 e. The van der Waals surface area contributed by atoms with Gasteiger partial charge in [0.15, 0.2) is 11.4 Å². The monoisotopic (exact) mass is 529 g/mol. The number of phenols is 1. The predicted molar refractivity (Wildman–Crippen MR) is 137 cm³/mol. The minimum atomic E-state index is -2.92. The molecule has 38 heavy (non-hydrogen) atoms. The molecule has 0 aliphatic heterocycles. The third-order valence-corrected chi connectivity index (χ3v) is 8.08. The van der Waals surface area contributed by atoms with Crippen molar-refractivity contribution in [2.45, 2.75) is 51.0 Å². The number of nitrogens with zero attached hydrogens (tertiary/aromatic N) is 1. The van der Waals surface area contributed by atoms with Gasteiger partial charge in [-0.15, -0.1) is 0 Å². The Balaban J connectivity index is 1.94. The highest BCUT2D eigenvalue weighted by atomic mass is 16.4. The maximum absolute atomic E-state index is 14.0. The molecule has 0 aromatic heterocycles. The second-order valence-electron chi connectivity index (χ2n) is 11.1. The average Bonchev–Trinajstić information content (AvgIpc) is 2.82. The predicted octanol–water partition coefficient (Wildman–Crippen LogP) is 0.241. The van der Waals surface area contributed by atoms with Crippen molar-refractivity contribution >= 4 is 23.2 Å². The Morgan fingerprint density at radius 2 is 1.82 bits per heavy atom. The Kier molecular flexibility index (Phi) is 6.94. The molecule has 0 saturated heterocycles. The molecule has 8 N–H and O–H groups in total. The van der Waals surface area contributed by atoms with E-state index in [1.807, 2.05) is 13.8 Å². The number of benzene rings is 1. The number of aliphatic hydroxyl groups is 4. The first-order chi connectivity index (χ1) is 17.7. The zero-order valence-electron chi connectivity index (χ0n) is 22.0. The van der Waals surface area contributed by atoms with Crippen molar-refractivity contribution in [1.29, 1.82) is 0 Å². The molecule has 11 heteroatoms. The van der Waals surface area contributed by atoms with Crippen LogP contribution in [0.25, 0.3) is 5.76 Å². The van der Waals surface area contributed by atoms with E-state index in [-0.39, 0.29) is 11.3 Å². The number of primary amides is 1. The molecule has 3 aliphatic rings. The Morgan fingerprint density at radius 3 is 2.37 bits per heavy atom. The lowest BCUT2D eigenvalue weighted by Gasteiger charge is -2.53. The van der Waals surface area contributed by atoms with Crippen molar-refractivity contribution in [3.63, 3.8) is 0 Å². The molecule has 4 rings (SSSR count). The molecule has 1 amide bonds. The minimum absolute atomic E-state index is 0.00941. The number of nitrogens with one attached hydrogen (secondary N) is 1. The van der Waals surface area contributed by atoms with Gasteiger partial charge in [-0.25, -0.2) is 0 Å². The molecule has 11 nitrogen and oxygen atoms in total. The number of carbonyl (C=O) groups excluding carboxylic acids is 3. The molecule has 6 atom stereocenters. The Bertz CT molecular complexity index is 1280. The second kappa shape index (κ2) is 9.49. The smallest absolute Gasteiger partial charge is 0.255 e. The number of aromatic hydroxyl groups is 1. The number of likely N-dealkylation sites (N-methyl/N-ethyl adjacent to an activating group) is 1. The first kappa shape index (κ1) is 27.8. The van der Waals surface area contributed by atoms with E-state index in [1.54, 1.807) is 19.1 Å². The summed E-state index contributed by atoms with van der Waals surface area (Å²) in [6.07, 6.45) is -1.61. The summed E-state index contributed by atoms with van der Waals surface area (Å²) in [6.45, 7) is 6.73. The van der Waals surface area contributed by atoms with E-state index < -0.39 is 75.6 Å². The van der Waals surface area contributed by atoms with Gasteiger partial charge in [0.05, 0.1) is 23.6 Å². The first-order valence-electron chi connectivity index (χ1n) is 12.6. The molecule has 0 spiro atoms. The lowest BCUT2D eigenvalue weighted by Crippen LogP contribution is -2.70. The summed E-state index contributed by atoms with van der Waals surface area (Å²) in [7, 11) is 2.94. The van der Waals surface area contributed by atoms with Gasteiger partial charge in [-0.2, -0.15) is 0 Å². The summed E-state index contributed by atoms with van der Waals surface area (Å²) in [6, 6.07) is 2.02. The van der Waals surface area contributed by atoms with Crippen LogP contribution >= 0.6 is 0 Å². The van der Waals surface area contributed by atoms with Crippen LogP contribution in [0.5, 0.6) is 5.75 Å². The maximum Gasteiger partial charge on any atom is 0.255 e. The molecule has 1 aromatic carbocycles. The van der Waals surface area contributed by atoms with Crippen molar-refractivity contribution in [3.05, 3.63) is 45.7 Å². The van der Waals surface area contributed by atoms with Gasteiger partial charge in [0, 0.05) is 23.6 Å². The van der Waals surface area contributed by atoms with Crippen LogP contribution in [0.4, 0.5) is 0 Å². The van der Waals surface area contributed by atoms with Crippen molar-refractivity contribution in [3.8, 4) is 5.75 Å². The van der Waals surface area contributed by atoms with Gasteiger partial charge in [0.1, 0.15) is 22.8 Å². The molecule has 0 unspecified atom stereocenters. The van der Waals surface area contributed by atoms with Crippen LogP contribution in [0.1, 0.15) is 43.4 Å². The molecule has 1 aromatic rings. The summed E-state index contributed by atoms with van der Waals surface area (Å²) in [5.41, 5.74) is 2.00. The third-order valence-electron chi connectivity index (χ3n) is 8.08. The zero-order valence-corrected chi connectivity index (χ0v) is 22.0. The van der Waals surface area contributed by atoms with Crippen LogP contribution in [0.15, 0.2) is 29.0 Å². The Hall–Kier alpha value is -3.25. The van der Waals surface area contributed by atoms with Crippen LogP contribution in [-0.2, 0) is 20.9 Å². The summed E-state index contributed by atoms with van der Waals surface area (Å²) >= 11 is 0.